The van der Waals surface area contributed by atoms with Crippen LogP contribution in [0.15, 0.2) is 18.2 Å². The van der Waals surface area contributed by atoms with Gasteiger partial charge in [0.15, 0.2) is 17.6 Å². The molecule has 2 atom stereocenters. The molecule has 1 unspecified atom stereocenters. The molecule has 0 aliphatic rings. The lowest BCUT2D eigenvalue weighted by molar-refractivity contribution is -0.151. The van der Waals surface area contributed by atoms with E-state index in [2.05, 4.69) is 0 Å². The molecule has 0 saturated heterocycles. The van der Waals surface area contributed by atoms with E-state index in [0.717, 1.165) is 12.0 Å². The first kappa shape index (κ1) is 17.3. The molecule has 0 amide bonds. The van der Waals surface area contributed by atoms with Gasteiger partial charge in [-0.1, -0.05) is 19.4 Å². The molecule has 0 radical (unpaired) electrons. The minimum atomic E-state index is -0.620. The van der Waals surface area contributed by atoms with Crippen molar-refractivity contribution in [3.05, 3.63) is 23.8 Å². The fourth-order valence-electron chi connectivity index (χ4n) is 1.94. The molecule has 0 fully saturated rings. The van der Waals surface area contributed by atoms with Crippen LogP contribution >= 0.6 is 0 Å². The second-order valence-corrected chi connectivity index (χ2v) is 4.85. The maximum Gasteiger partial charge on any atom is 0.347 e. The monoisotopic (exact) mass is 295 g/mol. The summed E-state index contributed by atoms with van der Waals surface area (Å²) >= 11 is 0. The standard InChI is InChI=1S/C16H25NO4/c1-5-7-14(16(18)20-6-2)21-13-9-8-12(11(3)17)10-15(13)19-4/h8-11,14H,5-7,17H2,1-4H3/t11-,14?/m0/s1. The van der Waals surface area contributed by atoms with E-state index in [1.807, 2.05) is 26.0 Å². The van der Waals surface area contributed by atoms with Crippen molar-refractivity contribution in [1.82, 2.24) is 0 Å². The van der Waals surface area contributed by atoms with Crippen molar-refractivity contribution in [3.63, 3.8) is 0 Å². The molecule has 2 N–H and O–H groups in total. The lowest BCUT2D eigenvalue weighted by Crippen LogP contribution is -2.29. The summed E-state index contributed by atoms with van der Waals surface area (Å²) in [5.74, 6) is 0.737. The van der Waals surface area contributed by atoms with Crippen LogP contribution in [0.3, 0.4) is 0 Å². The Hall–Kier alpha value is -1.75. The van der Waals surface area contributed by atoms with Crippen molar-refractivity contribution in [3.8, 4) is 11.5 Å². The molecule has 0 aliphatic carbocycles. The fourth-order valence-corrected chi connectivity index (χ4v) is 1.94. The molecule has 5 heteroatoms. The number of carbonyl (C=O) groups is 1. The number of ether oxygens (including phenoxy) is 3. The van der Waals surface area contributed by atoms with Crippen LogP contribution in [0.5, 0.6) is 11.5 Å². The summed E-state index contributed by atoms with van der Waals surface area (Å²) in [7, 11) is 1.56. The zero-order valence-electron chi connectivity index (χ0n) is 13.2. The van der Waals surface area contributed by atoms with E-state index in [1.165, 1.54) is 0 Å². The number of methoxy groups -OCH3 is 1. The van der Waals surface area contributed by atoms with E-state index in [1.54, 1.807) is 20.1 Å². The molecule has 0 aromatic heterocycles. The second-order valence-electron chi connectivity index (χ2n) is 4.85. The molecule has 1 aromatic carbocycles. The Labute approximate surface area is 126 Å². The zero-order valence-corrected chi connectivity index (χ0v) is 13.2. The minimum absolute atomic E-state index is 0.0931. The summed E-state index contributed by atoms with van der Waals surface area (Å²) in [5.41, 5.74) is 6.80. The molecule has 21 heavy (non-hydrogen) atoms. The molecular formula is C16H25NO4. The number of hydrogen-bond donors (Lipinski definition) is 1. The minimum Gasteiger partial charge on any atom is -0.493 e. The Kier molecular flexibility index (Phi) is 7.02. The van der Waals surface area contributed by atoms with Crippen LogP contribution in [-0.2, 0) is 9.53 Å². The maximum absolute atomic E-state index is 11.9. The molecule has 0 spiro atoms. The highest BCUT2D eigenvalue weighted by Gasteiger charge is 2.22. The topological polar surface area (TPSA) is 70.8 Å². The van der Waals surface area contributed by atoms with E-state index in [0.29, 0.717) is 24.5 Å². The van der Waals surface area contributed by atoms with E-state index in [9.17, 15) is 4.79 Å². The van der Waals surface area contributed by atoms with Gasteiger partial charge < -0.3 is 19.9 Å². The Bertz CT molecular complexity index is 460. The van der Waals surface area contributed by atoms with Gasteiger partial charge >= 0.3 is 5.97 Å². The van der Waals surface area contributed by atoms with Gasteiger partial charge in [-0.25, -0.2) is 4.79 Å². The highest BCUT2D eigenvalue weighted by molar-refractivity contribution is 5.75. The largest absolute Gasteiger partial charge is 0.493 e. The molecule has 118 valence electrons. The third-order valence-electron chi connectivity index (χ3n) is 3.08. The van der Waals surface area contributed by atoms with Gasteiger partial charge in [0.05, 0.1) is 13.7 Å². The predicted molar refractivity (Wildman–Crippen MR) is 81.6 cm³/mol. The summed E-state index contributed by atoms with van der Waals surface area (Å²) in [6.07, 6.45) is 0.797. The van der Waals surface area contributed by atoms with Crippen LogP contribution in [0.1, 0.15) is 45.2 Å². The summed E-state index contributed by atoms with van der Waals surface area (Å²) in [5, 5.41) is 0. The quantitative estimate of drug-likeness (QED) is 0.747. The SMILES string of the molecule is CCCC(Oc1ccc([C@H](C)N)cc1OC)C(=O)OCC. The molecule has 5 nitrogen and oxygen atoms in total. The van der Waals surface area contributed by atoms with Crippen LogP contribution < -0.4 is 15.2 Å². The lowest BCUT2D eigenvalue weighted by atomic mass is 10.1. The third-order valence-corrected chi connectivity index (χ3v) is 3.08. The van der Waals surface area contributed by atoms with Gasteiger partial charge in [0.1, 0.15) is 0 Å². The zero-order chi connectivity index (χ0) is 15.8. The van der Waals surface area contributed by atoms with Crippen molar-refractivity contribution in [2.45, 2.75) is 45.8 Å². The van der Waals surface area contributed by atoms with E-state index in [4.69, 9.17) is 19.9 Å². The Morgan fingerprint density at radius 1 is 1.29 bits per heavy atom. The number of esters is 1. The van der Waals surface area contributed by atoms with Crippen molar-refractivity contribution >= 4 is 5.97 Å². The predicted octanol–water partition coefficient (Wildman–Crippen LogP) is 2.83. The molecular weight excluding hydrogens is 270 g/mol. The van der Waals surface area contributed by atoms with Gasteiger partial charge in [0.25, 0.3) is 0 Å². The average molecular weight is 295 g/mol. The average Bonchev–Trinajstić information content (AvgIpc) is 2.47. The number of nitrogens with two attached hydrogens (primary N) is 1. The van der Waals surface area contributed by atoms with Crippen molar-refractivity contribution in [2.24, 2.45) is 5.73 Å². The Morgan fingerprint density at radius 3 is 2.52 bits per heavy atom. The van der Waals surface area contributed by atoms with E-state index in [-0.39, 0.29) is 12.0 Å². The van der Waals surface area contributed by atoms with Gasteiger partial charge in [0.2, 0.25) is 0 Å². The lowest BCUT2D eigenvalue weighted by Gasteiger charge is -2.19. The van der Waals surface area contributed by atoms with Crippen molar-refractivity contribution in [1.29, 1.82) is 0 Å². The summed E-state index contributed by atoms with van der Waals surface area (Å²) in [6.45, 7) is 6.00. The smallest absolute Gasteiger partial charge is 0.347 e. The molecule has 0 bridgehead atoms. The van der Waals surface area contributed by atoms with Crippen LogP contribution in [0.2, 0.25) is 0 Å². The molecule has 1 rings (SSSR count). The normalized spacial score (nSPS) is 13.4. The first-order valence-electron chi connectivity index (χ1n) is 7.30. The summed E-state index contributed by atoms with van der Waals surface area (Å²) < 4.78 is 16.1. The van der Waals surface area contributed by atoms with Crippen LogP contribution in [0.4, 0.5) is 0 Å². The molecule has 0 aliphatic heterocycles. The number of benzene rings is 1. The second kappa shape index (κ2) is 8.52. The number of rotatable bonds is 8. The van der Waals surface area contributed by atoms with Crippen LogP contribution in [-0.4, -0.2) is 25.8 Å². The van der Waals surface area contributed by atoms with Crippen molar-refractivity contribution < 1.29 is 19.0 Å². The Balaban J connectivity index is 2.94. The molecule has 0 saturated carbocycles. The fraction of sp³-hybridized carbons (Fsp3) is 0.562. The summed E-state index contributed by atoms with van der Waals surface area (Å²) in [6, 6.07) is 5.38. The van der Waals surface area contributed by atoms with Crippen LogP contribution in [0, 0.1) is 0 Å². The van der Waals surface area contributed by atoms with Crippen molar-refractivity contribution in [2.75, 3.05) is 13.7 Å². The third kappa shape index (κ3) is 4.93. The maximum atomic E-state index is 11.9. The summed E-state index contributed by atoms with van der Waals surface area (Å²) in [4.78, 5) is 11.9. The Morgan fingerprint density at radius 2 is 2.00 bits per heavy atom. The molecule has 0 heterocycles. The number of carbonyl (C=O) groups excluding carboxylic acids is 1. The van der Waals surface area contributed by atoms with Gasteiger partial charge in [-0.2, -0.15) is 0 Å². The van der Waals surface area contributed by atoms with Gasteiger partial charge in [-0.05, 0) is 38.0 Å². The van der Waals surface area contributed by atoms with Gasteiger partial charge in [-0.15, -0.1) is 0 Å². The van der Waals surface area contributed by atoms with E-state index < -0.39 is 6.10 Å². The van der Waals surface area contributed by atoms with E-state index >= 15 is 0 Å². The first-order valence-corrected chi connectivity index (χ1v) is 7.30. The highest BCUT2D eigenvalue weighted by Crippen LogP contribution is 2.31. The molecule has 1 aromatic rings. The first-order chi connectivity index (χ1) is 10.0. The van der Waals surface area contributed by atoms with Gasteiger partial charge in [-0.3, -0.25) is 0 Å². The van der Waals surface area contributed by atoms with Crippen LogP contribution in [0.25, 0.3) is 0 Å². The van der Waals surface area contributed by atoms with Gasteiger partial charge in [0, 0.05) is 6.04 Å². The number of hydrogen-bond acceptors (Lipinski definition) is 5. The highest BCUT2D eigenvalue weighted by atomic mass is 16.6.